The SMILES string of the molecule is COc1ccc(-c2ccc3c(n2)CCC3)c(OC)n1. The highest BCUT2D eigenvalue weighted by atomic mass is 16.5. The molecule has 0 aliphatic heterocycles. The molecule has 0 unspecified atom stereocenters. The Labute approximate surface area is 112 Å². The summed E-state index contributed by atoms with van der Waals surface area (Å²) in [6, 6.07) is 7.96. The lowest BCUT2D eigenvalue weighted by Gasteiger charge is -2.09. The lowest BCUT2D eigenvalue weighted by atomic mass is 10.1. The van der Waals surface area contributed by atoms with Crippen LogP contribution in [-0.4, -0.2) is 24.2 Å². The number of aromatic nitrogens is 2. The van der Waals surface area contributed by atoms with Gasteiger partial charge in [0.1, 0.15) is 0 Å². The van der Waals surface area contributed by atoms with E-state index in [9.17, 15) is 0 Å². The number of rotatable bonds is 3. The van der Waals surface area contributed by atoms with Crippen LogP contribution >= 0.6 is 0 Å². The van der Waals surface area contributed by atoms with Gasteiger partial charge in [0, 0.05) is 11.8 Å². The molecule has 0 atom stereocenters. The van der Waals surface area contributed by atoms with E-state index in [0.29, 0.717) is 11.8 Å². The van der Waals surface area contributed by atoms with E-state index in [1.165, 1.54) is 17.7 Å². The van der Waals surface area contributed by atoms with Gasteiger partial charge in [0.05, 0.1) is 25.5 Å². The highest BCUT2D eigenvalue weighted by molar-refractivity contribution is 5.66. The summed E-state index contributed by atoms with van der Waals surface area (Å²) in [4.78, 5) is 9.02. The van der Waals surface area contributed by atoms with Gasteiger partial charge in [-0.2, -0.15) is 4.98 Å². The Kier molecular flexibility index (Phi) is 3.07. The predicted octanol–water partition coefficient (Wildman–Crippen LogP) is 2.65. The zero-order chi connectivity index (χ0) is 13.2. The number of fused-ring (bicyclic) bond motifs is 1. The van der Waals surface area contributed by atoms with Crippen molar-refractivity contribution in [1.29, 1.82) is 0 Å². The Bertz CT molecular complexity index is 611. The molecule has 0 amide bonds. The van der Waals surface area contributed by atoms with E-state index in [1.807, 2.05) is 18.2 Å². The molecule has 2 aromatic rings. The van der Waals surface area contributed by atoms with Crippen molar-refractivity contribution in [2.45, 2.75) is 19.3 Å². The quantitative estimate of drug-likeness (QED) is 0.846. The average molecular weight is 256 g/mol. The van der Waals surface area contributed by atoms with Gasteiger partial charge in [-0.1, -0.05) is 6.07 Å². The maximum absolute atomic E-state index is 5.33. The van der Waals surface area contributed by atoms with Crippen molar-refractivity contribution in [1.82, 2.24) is 9.97 Å². The summed E-state index contributed by atoms with van der Waals surface area (Å²) in [5.41, 5.74) is 4.38. The van der Waals surface area contributed by atoms with Crippen molar-refractivity contribution in [2.75, 3.05) is 14.2 Å². The summed E-state index contributed by atoms with van der Waals surface area (Å²) in [6.07, 6.45) is 3.40. The zero-order valence-electron chi connectivity index (χ0n) is 11.1. The van der Waals surface area contributed by atoms with Gasteiger partial charge in [0.25, 0.3) is 0 Å². The van der Waals surface area contributed by atoms with Gasteiger partial charge in [-0.3, -0.25) is 4.98 Å². The highest BCUT2D eigenvalue weighted by Gasteiger charge is 2.15. The van der Waals surface area contributed by atoms with Crippen LogP contribution in [0.3, 0.4) is 0 Å². The van der Waals surface area contributed by atoms with Gasteiger partial charge in [-0.05, 0) is 37.0 Å². The summed E-state index contributed by atoms with van der Waals surface area (Å²) >= 11 is 0. The molecule has 2 aromatic heterocycles. The van der Waals surface area contributed by atoms with Crippen molar-refractivity contribution >= 4 is 0 Å². The van der Waals surface area contributed by atoms with E-state index in [1.54, 1.807) is 14.2 Å². The van der Waals surface area contributed by atoms with Crippen LogP contribution in [0.1, 0.15) is 17.7 Å². The molecule has 98 valence electrons. The Hall–Kier alpha value is -2.10. The number of ether oxygens (including phenoxy) is 2. The molecule has 0 aromatic carbocycles. The smallest absolute Gasteiger partial charge is 0.225 e. The Morgan fingerprint density at radius 2 is 1.84 bits per heavy atom. The van der Waals surface area contributed by atoms with Gasteiger partial charge >= 0.3 is 0 Å². The molecule has 3 rings (SSSR count). The zero-order valence-corrected chi connectivity index (χ0v) is 11.1. The number of hydrogen-bond acceptors (Lipinski definition) is 4. The molecule has 0 radical (unpaired) electrons. The van der Waals surface area contributed by atoms with Crippen LogP contribution in [0.4, 0.5) is 0 Å². The normalized spacial score (nSPS) is 13.2. The molecule has 4 nitrogen and oxygen atoms in total. The average Bonchev–Trinajstić information content (AvgIpc) is 2.93. The van der Waals surface area contributed by atoms with Gasteiger partial charge in [0.15, 0.2) is 0 Å². The first kappa shape index (κ1) is 12.0. The van der Waals surface area contributed by atoms with Crippen LogP contribution in [0.2, 0.25) is 0 Å². The summed E-state index contributed by atoms with van der Waals surface area (Å²) in [5.74, 6) is 1.09. The number of pyridine rings is 2. The molecule has 1 aliphatic carbocycles. The van der Waals surface area contributed by atoms with Crippen LogP contribution in [-0.2, 0) is 12.8 Å². The minimum absolute atomic E-state index is 0.543. The first-order valence-electron chi connectivity index (χ1n) is 6.40. The minimum atomic E-state index is 0.543. The summed E-state index contributed by atoms with van der Waals surface area (Å²) in [5, 5.41) is 0. The molecule has 0 bridgehead atoms. The fourth-order valence-corrected chi connectivity index (χ4v) is 2.46. The van der Waals surface area contributed by atoms with E-state index >= 15 is 0 Å². The van der Waals surface area contributed by atoms with Crippen LogP contribution in [0, 0.1) is 0 Å². The molecular weight excluding hydrogens is 240 g/mol. The lowest BCUT2D eigenvalue weighted by molar-refractivity contribution is 0.366. The van der Waals surface area contributed by atoms with E-state index in [2.05, 4.69) is 11.1 Å². The van der Waals surface area contributed by atoms with Crippen molar-refractivity contribution in [2.24, 2.45) is 0 Å². The topological polar surface area (TPSA) is 44.2 Å². The van der Waals surface area contributed by atoms with Crippen LogP contribution < -0.4 is 9.47 Å². The largest absolute Gasteiger partial charge is 0.481 e. The Balaban J connectivity index is 2.06. The molecule has 19 heavy (non-hydrogen) atoms. The Morgan fingerprint density at radius 3 is 2.63 bits per heavy atom. The Morgan fingerprint density at radius 1 is 0.947 bits per heavy atom. The van der Waals surface area contributed by atoms with Crippen molar-refractivity contribution in [3.63, 3.8) is 0 Å². The standard InChI is InChI=1S/C15H16N2O2/c1-18-14-9-7-11(15(17-14)19-2)13-8-6-10-4-3-5-12(10)16-13/h6-9H,3-5H2,1-2H3. The fraction of sp³-hybridized carbons (Fsp3) is 0.333. The third kappa shape index (κ3) is 2.14. The molecule has 4 heteroatoms. The number of methoxy groups -OCH3 is 2. The summed E-state index contributed by atoms with van der Waals surface area (Å²) < 4.78 is 10.4. The summed E-state index contributed by atoms with van der Waals surface area (Å²) in [7, 11) is 3.20. The second-order valence-corrected chi connectivity index (χ2v) is 4.57. The fourth-order valence-electron chi connectivity index (χ4n) is 2.46. The monoisotopic (exact) mass is 256 g/mol. The second kappa shape index (κ2) is 4.88. The van der Waals surface area contributed by atoms with Gasteiger partial charge < -0.3 is 9.47 Å². The third-order valence-electron chi connectivity index (χ3n) is 3.44. The highest BCUT2D eigenvalue weighted by Crippen LogP contribution is 2.31. The van der Waals surface area contributed by atoms with Gasteiger partial charge in [-0.25, -0.2) is 0 Å². The lowest BCUT2D eigenvalue weighted by Crippen LogP contribution is -1.97. The molecule has 0 spiro atoms. The van der Waals surface area contributed by atoms with Crippen LogP contribution in [0.15, 0.2) is 24.3 Å². The molecule has 2 heterocycles. The van der Waals surface area contributed by atoms with Crippen molar-refractivity contribution < 1.29 is 9.47 Å². The molecule has 1 aliphatic rings. The number of hydrogen-bond donors (Lipinski definition) is 0. The van der Waals surface area contributed by atoms with Crippen molar-refractivity contribution in [3.8, 4) is 23.0 Å². The number of aryl methyl sites for hydroxylation is 2. The van der Waals surface area contributed by atoms with Crippen LogP contribution in [0.5, 0.6) is 11.8 Å². The minimum Gasteiger partial charge on any atom is -0.481 e. The van der Waals surface area contributed by atoms with E-state index in [-0.39, 0.29) is 0 Å². The van der Waals surface area contributed by atoms with E-state index in [4.69, 9.17) is 14.5 Å². The molecule has 0 N–H and O–H groups in total. The third-order valence-corrected chi connectivity index (χ3v) is 3.44. The molecule has 0 fully saturated rings. The predicted molar refractivity (Wildman–Crippen MR) is 72.6 cm³/mol. The number of nitrogens with zero attached hydrogens (tertiary/aromatic N) is 2. The second-order valence-electron chi connectivity index (χ2n) is 4.57. The van der Waals surface area contributed by atoms with E-state index in [0.717, 1.165) is 24.1 Å². The summed E-state index contributed by atoms with van der Waals surface area (Å²) in [6.45, 7) is 0. The van der Waals surface area contributed by atoms with Crippen molar-refractivity contribution in [3.05, 3.63) is 35.5 Å². The first-order valence-corrected chi connectivity index (χ1v) is 6.40. The van der Waals surface area contributed by atoms with Crippen LogP contribution in [0.25, 0.3) is 11.3 Å². The first-order chi connectivity index (χ1) is 9.31. The maximum Gasteiger partial charge on any atom is 0.225 e. The van der Waals surface area contributed by atoms with Gasteiger partial charge in [-0.15, -0.1) is 0 Å². The van der Waals surface area contributed by atoms with Gasteiger partial charge in [0.2, 0.25) is 11.8 Å². The maximum atomic E-state index is 5.33. The molecular formula is C15H16N2O2. The van der Waals surface area contributed by atoms with E-state index < -0.39 is 0 Å². The molecule has 0 saturated carbocycles. The molecule has 0 saturated heterocycles.